The standard InChI is InChI=1S/C12H25N3O2/c1-5-9(6-2)8-14-11(16)12(4,7-3)10(13)15-17/h9,17H,5-8H2,1-4H3,(H2,13,15)(H,14,16). The van der Waals surface area contributed by atoms with E-state index >= 15 is 0 Å². The molecule has 0 aromatic carbocycles. The lowest BCUT2D eigenvalue weighted by atomic mass is 9.85. The minimum Gasteiger partial charge on any atom is -0.409 e. The Labute approximate surface area is 103 Å². The average Bonchev–Trinajstić information content (AvgIpc) is 2.37. The third kappa shape index (κ3) is 3.91. The number of rotatable bonds is 7. The van der Waals surface area contributed by atoms with Gasteiger partial charge in [0.25, 0.3) is 0 Å². The molecule has 0 aromatic heterocycles. The molecule has 0 aromatic rings. The molecule has 1 atom stereocenters. The van der Waals surface area contributed by atoms with Gasteiger partial charge in [0, 0.05) is 6.54 Å². The molecule has 0 radical (unpaired) electrons. The average molecular weight is 243 g/mol. The van der Waals surface area contributed by atoms with Crippen LogP contribution in [-0.2, 0) is 4.79 Å². The molecule has 0 saturated carbocycles. The summed E-state index contributed by atoms with van der Waals surface area (Å²) in [6.45, 7) is 8.37. The van der Waals surface area contributed by atoms with Crippen LogP contribution in [-0.4, -0.2) is 23.5 Å². The van der Waals surface area contributed by atoms with E-state index in [4.69, 9.17) is 10.9 Å². The molecular weight excluding hydrogens is 218 g/mol. The van der Waals surface area contributed by atoms with Gasteiger partial charge >= 0.3 is 0 Å². The van der Waals surface area contributed by atoms with Crippen molar-refractivity contribution in [3.63, 3.8) is 0 Å². The van der Waals surface area contributed by atoms with E-state index in [2.05, 4.69) is 24.3 Å². The highest BCUT2D eigenvalue weighted by atomic mass is 16.4. The zero-order valence-electron chi connectivity index (χ0n) is 11.3. The van der Waals surface area contributed by atoms with Crippen LogP contribution in [0, 0.1) is 11.3 Å². The van der Waals surface area contributed by atoms with Gasteiger partial charge in [0.15, 0.2) is 5.84 Å². The van der Waals surface area contributed by atoms with Crippen LogP contribution in [0.1, 0.15) is 47.0 Å². The second kappa shape index (κ2) is 7.14. The maximum Gasteiger partial charge on any atom is 0.233 e. The van der Waals surface area contributed by atoms with Crippen LogP contribution in [0.4, 0.5) is 0 Å². The first-order chi connectivity index (χ1) is 7.96. The van der Waals surface area contributed by atoms with Crippen molar-refractivity contribution < 1.29 is 10.0 Å². The number of hydrogen-bond acceptors (Lipinski definition) is 3. The molecule has 4 N–H and O–H groups in total. The molecule has 0 aliphatic heterocycles. The fraction of sp³-hybridized carbons (Fsp3) is 0.833. The number of carbonyl (C=O) groups excluding carboxylic acids is 1. The predicted octanol–water partition coefficient (Wildman–Crippen LogP) is 1.70. The fourth-order valence-electron chi connectivity index (χ4n) is 1.58. The Morgan fingerprint density at radius 1 is 1.41 bits per heavy atom. The molecule has 0 aliphatic carbocycles. The maximum absolute atomic E-state index is 12.0. The van der Waals surface area contributed by atoms with E-state index in [1.165, 1.54) is 0 Å². The van der Waals surface area contributed by atoms with Crippen molar-refractivity contribution in [2.45, 2.75) is 47.0 Å². The second-order valence-electron chi connectivity index (χ2n) is 4.56. The SMILES string of the molecule is CCC(CC)CNC(=O)C(C)(CC)C(N)=NO. The molecule has 100 valence electrons. The lowest BCUT2D eigenvalue weighted by Crippen LogP contribution is -2.48. The fourth-order valence-corrected chi connectivity index (χ4v) is 1.58. The highest BCUT2D eigenvalue weighted by molar-refractivity contribution is 6.06. The smallest absolute Gasteiger partial charge is 0.233 e. The highest BCUT2D eigenvalue weighted by Crippen LogP contribution is 2.21. The summed E-state index contributed by atoms with van der Waals surface area (Å²) >= 11 is 0. The molecule has 1 unspecified atom stereocenters. The Bertz CT molecular complexity index is 275. The zero-order valence-corrected chi connectivity index (χ0v) is 11.3. The Morgan fingerprint density at radius 3 is 2.29 bits per heavy atom. The quantitative estimate of drug-likeness (QED) is 0.275. The van der Waals surface area contributed by atoms with Crippen LogP contribution in [0.3, 0.4) is 0 Å². The number of nitrogens with two attached hydrogens (primary N) is 1. The summed E-state index contributed by atoms with van der Waals surface area (Å²) in [7, 11) is 0. The Morgan fingerprint density at radius 2 is 1.94 bits per heavy atom. The molecule has 0 heterocycles. The molecule has 0 aliphatic rings. The minimum absolute atomic E-state index is 0.0398. The van der Waals surface area contributed by atoms with Crippen LogP contribution in [0.2, 0.25) is 0 Å². The summed E-state index contributed by atoms with van der Waals surface area (Å²) in [5, 5.41) is 14.5. The second-order valence-corrected chi connectivity index (χ2v) is 4.56. The van der Waals surface area contributed by atoms with Gasteiger partial charge in [-0.1, -0.05) is 38.8 Å². The number of nitrogens with one attached hydrogen (secondary N) is 1. The first-order valence-electron chi connectivity index (χ1n) is 6.22. The molecule has 0 saturated heterocycles. The van der Waals surface area contributed by atoms with Crippen molar-refractivity contribution in [1.29, 1.82) is 0 Å². The van der Waals surface area contributed by atoms with Crippen molar-refractivity contribution >= 4 is 11.7 Å². The highest BCUT2D eigenvalue weighted by Gasteiger charge is 2.36. The monoisotopic (exact) mass is 243 g/mol. The predicted molar refractivity (Wildman–Crippen MR) is 68.9 cm³/mol. The van der Waals surface area contributed by atoms with Gasteiger partial charge in [-0.15, -0.1) is 0 Å². The lowest BCUT2D eigenvalue weighted by molar-refractivity contribution is -0.127. The third-order valence-corrected chi connectivity index (χ3v) is 3.59. The van der Waals surface area contributed by atoms with Crippen LogP contribution in [0.25, 0.3) is 0 Å². The van der Waals surface area contributed by atoms with Crippen molar-refractivity contribution in [3.8, 4) is 0 Å². The summed E-state index contributed by atoms with van der Waals surface area (Å²) in [6.07, 6.45) is 2.56. The normalized spacial score (nSPS) is 15.7. The van der Waals surface area contributed by atoms with Gasteiger partial charge in [-0.3, -0.25) is 4.79 Å². The number of amides is 1. The summed E-state index contributed by atoms with van der Waals surface area (Å²) in [6, 6.07) is 0. The Balaban J connectivity index is 4.57. The van der Waals surface area contributed by atoms with Crippen LogP contribution in [0.5, 0.6) is 0 Å². The zero-order chi connectivity index (χ0) is 13.5. The number of nitrogens with zero attached hydrogens (tertiary/aromatic N) is 1. The molecule has 0 spiro atoms. The van der Waals surface area contributed by atoms with Gasteiger partial charge in [0.05, 0.1) is 0 Å². The number of hydrogen-bond donors (Lipinski definition) is 3. The number of carbonyl (C=O) groups is 1. The van der Waals surface area contributed by atoms with Crippen LogP contribution < -0.4 is 11.1 Å². The first kappa shape index (κ1) is 15.7. The summed E-state index contributed by atoms with van der Waals surface area (Å²) < 4.78 is 0. The Hall–Kier alpha value is -1.26. The summed E-state index contributed by atoms with van der Waals surface area (Å²) in [4.78, 5) is 12.0. The molecule has 0 bridgehead atoms. The van der Waals surface area contributed by atoms with E-state index < -0.39 is 5.41 Å². The molecule has 1 amide bonds. The molecule has 5 heteroatoms. The van der Waals surface area contributed by atoms with E-state index in [0.717, 1.165) is 12.8 Å². The van der Waals surface area contributed by atoms with E-state index in [1.54, 1.807) is 6.92 Å². The lowest BCUT2D eigenvalue weighted by Gasteiger charge is -2.26. The van der Waals surface area contributed by atoms with Gasteiger partial charge in [-0.2, -0.15) is 0 Å². The van der Waals surface area contributed by atoms with E-state index in [0.29, 0.717) is 18.9 Å². The van der Waals surface area contributed by atoms with Gasteiger partial charge in [-0.05, 0) is 19.3 Å². The molecule has 17 heavy (non-hydrogen) atoms. The van der Waals surface area contributed by atoms with E-state index in [9.17, 15) is 4.79 Å². The van der Waals surface area contributed by atoms with Crippen molar-refractivity contribution in [2.24, 2.45) is 22.2 Å². The number of oxime groups is 1. The topological polar surface area (TPSA) is 87.7 Å². The van der Waals surface area contributed by atoms with E-state index in [1.807, 2.05) is 6.92 Å². The van der Waals surface area contributed by atoms with Crippen molar-refractivity contribution in [1.82, 2.24) is 5.32 Å². The van der Waals surface area contributed by atoms with Gasteiger partial charge in [0.2, 0.25) is 5.91 Å². The largest absolute Gasteiger partial charge is 0.409 e. The van der Waals surface area contributed by atoms with Crippen molar-refractivity contribution in [2.75, 3.05) is 6.54 Å². The first-order valence-corrected chi connectivity index (χ1v) is 6.22. The molecule has 0 rings (SSSR count). The molecular formula is C12H25N3O2. The third-order valence-electron chi connectivity index (χ3n) is 3.59. The number of amidine groups is 1. The summed E-state index contributed by atoms with van der Waals surface area (Å²) in [5.41, 5.74) is 4.64. The minimum atomic E-state index is -0.930. The maximum atomic E-state index is 12.0. The van der Waals surface area contributed by atoms with Crippen LogP contribution in [0.15, 0.2) is 5.16 Å². The Kier molecular flexibility index (Phi) is 6.61. The summed E-state index contributed by atoms with van der Waals surface area (Å²) in [5.74, 6) is 0.261. The van der Waals surface area contributed by atoms with Crippen molar-refractivity contribution in [3.05, 3.63) is 0 Å². The van der Waals surface area contributed by atoms with Gasteiger partial charge < -0.3 is 16.3 Å². The molecule has 5 nitrogen and oxygen atoms in total. The molecule has 0 fully saturated rings. The van der Waals surface area contributed by atoms with Gasteiger partial charge in [0.1, 0.15) is 5.41 Å². The van der Waals surface area contributed by atoms with Gasteiger partial charge in [-0.25, -0.2) is 0 Å². The van der Waals surface area contributed by atoms with E-state index in [-0.39, 0.29) is 11.7 Å². The van der Waals surface area contributed by atoms with Crippen LogP contribution >= 0.6 is 0 Å².